The summed E-state index contributed by atoms with van der Waals surface area (Å²) < 4.78 is 22.8. The number of hydrogen-bond acceptors (Lipinski definition) is 9. The van der Waals surface area contributed by atoms with Crippen molar-refractivity contribution in [2.75, 3.05) is 26.4 Å². The fourth-order valence-corrected chi connectivity index (χ4v) is 7.43. The molecule has 0 saturated carbocycles. The average Bonchev–Trinajstić information content (AvgIpc) is 3.20. The van der Waals surface area contributed by atoms with Crippen LogP contribution < -0.4 is 0 Å². The number of esters is 1. The van der Waals surface area contributed by atoms with E-state index >= 15 is 0 Å². The molecule has 56 heavy (non-hydrogen) atoms. The molecule has 6 atom stereocenters. The molecule has 0 aromatic carbocycles. The van der Waals surface area contributed by atoms with Crippen LogP contribution in [0.2, 0.25) is 0 Å². The van der Waals surface area contributed by atoms with Crippen molar-refractivity contribution in [1.29, 1.82) is 0 Å². The molecule has 1 fully saturated rings. The number of ether oxygens (including phenoxy) is 4. The van der Waals surface area contributed by atoms with Gasteiger partial charge >= 0.3 is 5.97 Å². The fraction of sp³-hybridized carbons (Fsp3) is 0.936. The second kappa shape index (κ2) is 39.4. The van der Waals surface area contributed by atoms with Gasteiger partial charge < -0.3 is 39.4 Å². The zero-order valence-electron chi connectivity index (χ0n) is 36.4. The number of hydrogen-bond donors (Lipinski definition) is 4. The summed E-state index contributed by atoms with van der Waals surface area (Å²) in [6, 6.07) is 0. The first kappa shape index (κ1) is 52.9. The van der Waals surface area contributed by atoms with Gasteiger partial charge in [-0.15, -0.1) is 0 Å². The lowest BCUT2D eigenvalue weighted by molar-refractivity contribution is -0.305. The van der Waals surface area contributed by atoms with Crippen LogP contribution in [-0.2, 0) is 23.7 Å². The molecule has 1 aliphatic rings. The van der Waals surface area contributed by atoms with Crippen LogP contribution >= 0.6 is 0 Å². The first-order chi connectivity index (χ1) is 27.4. The van der Waals surface area contributed by atoms with Gasteiger partial charge in [0.05, 0.1) is 19.8 Å². The van der Waals surface area contributed by atoms with Gasteiger partial charge in [0, 0.05) is 13.0 Å². The smallest absolute Gasteiger partial charge is 0.306 e. The summed E-state index contributed by atoms with van der Waals surface area (Å²) in [5, 5.41) is 40.1. The molecule has 9 heteroatoms. The molecule has 332 valence electrons. The quantitative estimate of drug-likeness (QED) is 0.0271. The third-order valence-corrected chi connectivity index (χ3v) is 11.2. The Hall–Kier alpha value is -1.07. The molecule has 1 saturated heterocycles. The van der Waals surface area contributed by atoms with Crippen LogP contribution in [0.3, 0.4) is 0 Å². The molecule has 1 heterocycles. The van der Waals surface area contributed by atoms with E-state index in [2.05, 4.69) is 26.0 Å². The maximum absolute atomic E-state index is 12.7. The zero-order chi connectivity index (χ0) is 40.7. The van der Waals surface area contributed by atoms with Crippen LogP contribution in [0.4, 0.5) is 0 Å². The summed E-state index contributed by atoms with van der Waals surface area (Å²) in [6.07, 6.45) is 36.8. The third-order valence-electron chi connectivity index (χ3n) is 11.2. The predicted molar refractivity (Wildman–Crippen MR) is 229 cm³/mol. The zero-order valence-corrected chi connectivity index (χ0v) is 36.4. The number of allylic oxidation sites excluding steroid dienone is 2. The predicted octanol–water partition coefficient (Wildman–Crippen LogP) is 10.8. The Balaban J connectivity index is 2.18. The van der Waals surface area contributed by atoms with E-state index in [0.29, 0.717) is 13.0 Å². The van der Waals surface area contributed by atoms with Gasteiger partial charge in [-0.3, -0.25) is 4.79 Å². The minimum Gasteiger partial charge on any atom is -0.457 e. The Kier molecular flexibility index (Phi) is 37.2. The van der Waals surface area contributed by atoms with Crippen LogP contribution in [0.1, 0.15) is 219 Å². The molecule has 0 bridgehead atoms. The first-order valence-corrected chi connectivity index (χ1v) is 23.8. The van der Waals surface area contributed by atoms with E-state index in [1.165, 1.54) is 167 Å². The van der Waals surface area contributed by atoms with E-state index in [-0.39, 0.29) is 19.2 Å². The summed E-state index contributed by atoms with van der Waals surface area (Å²) in [4.78, 5) is 12.7. The van der Waals surface area contributed by atoms with Crippen molar-refractivity contribution in [2.45, 2.75) is 256 Å². The lowest BCUT2D eigenvalue weighted by Crippen LogP contribution is -2.59. The molecule has 0 radical (unpaired) electrons. The van der Waals surface area contributed by atoms with Crippen molar-refractivity contribution in [2.24, 2.45) is 0 Å². The second-order valence-corrected chi connectivity index (χ2v) is 16.6. The van der Waals surface area contributed by atoms with E-state index in [4.69, 9.17) is 18.9 Å². The van der Waals surface area contributed by atoms with Gasteiger partial charge in [-0.05, 0) is 38.5 Å². The van der Waals surface area contributed by atoms with Crippen molar-refractivity contribution in [1.82, 2.24) is 0 Å². The Morgan fingerprint density at radius 2 is 0.982 bits per heavy atom. The minimum atomic E-state index is -1.53. The Morgan fingerprint density at radius 3 is 1.45 bits per heavy atom. The molecule has 1 aliphatic heterocycles. The second-order valence-electron chi connectivity index (χ2n) is 16.6. The monoisotopic (exact) mass is 799 g/mol. The lowest BCUT2D eigenvalue weighted by Gasteiger charge is -2.39. The largest absolute Gasteiger partial charge is 0.457 e. The SMILES string of the molecule is CCCCCCCCCC/C=C\CCCCCCCCCCCCOCC(COC1OC(CO)C(O)C(O)C1O)OC(=O)CCCCCCCCCCCCC. The molecule has 0 amide bonds. The maximum atomic E-state index is 12.7. The molecular weight excluding hydrogens is 709 g/mol. The summed E-state index contributed by atoms with van der Waals surface area (Å²) in [5.41, 5.74) is 0. The number of carbonyl (C=O) groups excluding carboxylic acids is 1. The molecule has 0 spiro atoms. The van der Waals surface area contributed by atoms with Gasteiger partial charge in [0.25, 0.3) is 0 Å². The van der Waals surface area contributed by atoms with Crippen LogP contribution in [-0.4, -0.2) is 89.6 Å². The molecule has 6 unspecified atom stereocenters. The van der Waals surface area contributed by atoms with Crippen molar-refractivity contribution in [3.05, 3.63) is 12.2 Å². The van der Waals surface area contributed by atoms with Crippen LogP contribution in [0.25, 0.3) is 0 Å². The van der Waals surface area contributed by atoms with E-state index in [0.717, 1.165) is 32.1 Å². The summed E-state index contributed by atoms with van der Waals surface area (Å²) >= 11 is 0. The number of unbranched alkanes of at least 4 members (excludes halogenated alkanes) is 28. The molecule has 4 N–H and O–H groups in total. The van der Waals surface area contributed by atoms with Crippen molar-refractivity contribution < 1.29 is 44.2 Å². The normalized spacial score (nSPS) is 20.6. The highest BCUT2D eigenvalue weighted by Gasteiger charge is 2.44. The highest BCUT2D eigenvalue weighted by atomic mass is 16.7. The number of aliphatic hydroxyl groups excluding tert-OH is 4. The van der Waals surface area contributed by atoms with Crippen LogP contribution in [0, 0.1) is 0 Å². The van der Waals surface area contributed by atoms with Gasteiger partial charge in [0.2, 0.25) is 0 Å². The van der Waals surface area contributed by atoms with Gasteiger partial charge in [-0.25, -0.2) is 0 Å². The topological polar surface area (TPSA) is 135 Å². The third kappa shape index (κ3) is 30.0. The van der Waals surface area contributed by atoms with Gasteiger partial charge in [0.15, 0.2) is 6.29 Å². The van der Waals surface area contributed by atoms with Crippen molar-refractivity contribution in [3.63, 3.8) is 0 Å². The van der Waals surface area contributed by atoms with E-state index in [1.807, 2.05) is 0 Å². The van der Waals surface area contributed by atoms with Gasteiger partial charge in [-0.1, -0.05) is 187 Å². The van der Waals surface area contributed by atoms with Gasteiger partial charge in [-0.2, -0.15) is 0 Å². The molecule has 0 aliphatic carbocycles. The molecular formula is C47H90O9. The highest BCUT2D eigenvalue weighted by molar-refractivity contribution is 5.69. The number of aliphatic hydroxyl groups is 4. The van der Waals surface area contributed by atoms with E-state index < -0.39 is 43.4 Å². The lowest BCUT2D eigenvalue weighted by atomic mass is 9.99. The summed E-state index contributed by atoms with van der Waals surface area (Å²) in [6.45, 7) is 4.58. The average molecular weight is 799 g/mol. The van der Waals surface area contributed by atoms with Crippen molar-refractivity contribution >= 4 is 5.97 Å². The van der Waals surface area contributed by atoms with E-state index in [1.54, 1.807) is 0 Å². The van der Waals surface area contributed by atoms with Crippen molar-refractivity contribution in [3.8, 4) is 0 Å². The van der Waals surface area contributed by atoms with E-state index in [9.17, 15) is 25.2 Å². The maximum Gasteiger partial charge on any atom is 0.306 e. The number of carbonyl (C=O) groups is 1. The van der Waals surface area contributed by atoms with Crippen LogP contribution in [0.15, 0.2) is 12.2 Å². The Bertz CT molecular complexity index is 869. The minimum absolute atomic E-state index is 0.108. The summed E-state index contributed by atoms with van der Waals surface area (Å²) in [7, 11) is 0. The molecule has 1 rings (SSSR count). The van der Waals surface area contributed by atoms with Gasteiger partial charge in [0.1, 0.15) is 30.5 Å². The number of rotatable bonds is 41. The molecule has 0 aromatic rings. The Labute approximate surface area is 344 Å². The fourth-order valence-electron chi connectivity index (χ4n) is 7.43. The van der Waals surface area contributed by atoms with Crippen LogP contribution in [0.5, 0.6) is 0 Å². The highest BCUT2D eigenvalue weighted by Crippen LogP contribution is 2.23. The molecule has 0 aromatic heterocycles. The first-order valence-electron chi connectivity index (χ1n) is 23.8. The standard InChI is InChI=1S/C47H90O9/c1-3-5-7-9-11-13-15-16-17-18-19-20-21-22-23-24-25-27-29-31-33-35-37-53-39-41(40-54-47-46(52)45(51)44(50)42(38-48)56-47)55-43(49)36-34-32-30-28-26-14-12-10-8-6-4-2/h18-19,41-42,44-48,50-52H,3-17,20-40H2,1-2H3/b19-18-. The molecule has 9 nitrogen and oxygen atoms in total. The Morgan fingerprint density at radius 1 is 0.554 bits per heavy atom. The summed E-state index contributed by atoms with van der Waals surface area (Å²) in [5.74, 6) is -0.312.